The summed E-state index contributed by atoms with van der Waals surface area (Å²) in [4.78, 5) is 0. The maximum absolute atomic E-state index is 4.78. The van der Waals surface area contributed by atoms with E-state index < -0.39 is 0 Å². The van der Waals surface area contributed by atoms with E-state index in [9.17, 15) is 0 Å². The molecule has 0 saturated heterocycles. The Bertz CT molecular complexity index is 255. The highest BCUT2D eigenvalue weighted by atomic mass is 32.1. The Morgan fingerprint density at radius 1 is 1.06 bits per heavy atom. The molecule has 1 aliphatic carbocycles. The van der Waals surface area contributed by atoms with Crippen molar-refractivity contribution in [3.05, 3.63) is 0 Å². The van der Waals surface area contributed by atoms with Gasteiger partial charge >= 0.3 is 0 Å². The Balaban J connectivity index is 2.65. The Kier molecular flexibility index (Phi) is 5.26. The Labute approximate surface area is 121 Å². The summed E-state index contributed by atoms with van der Waals surface area (Å²) < 4.78 is 0.293. The van der Waals surface area contributed by atoms with E-state index in [-0.39, 0.29) is 0 Å². The third-order valence-electron chi connectivity index (χ3n) is 5.78. The maximum Gasteiger partial charge on any atom is 0.0102 e. The van der Waals surface area contributed by atoms with Crippen LogP contribution < -0.4 is 0 Å². The van der Waals surface area contributed by atoms with E-state index >= 15 is 0 Å². The van der Waals surface area contributed by atoms with Crippen molar-refractivity contribution in [1.82, 2.24) is 0 Å². The van der Waals surface area contributed by atoms with Crippen molar-refractivity contribution in [3.8, 4) is 0 Å². The van der Waals surface area contributed by atoms with E-state index in [2.05, 4.69) is 41.5 Å². The number of hydrogen-bond donors (Lipinski definition) is 1. The van der Waals surface area contributed by atoms with Crippen molar-refractivity contribution in [2.75, 3.05) is 0 Å². The van der Waals surface area contributed by atoms with E-state index in [4.69, 9.17) is 12.6 Å². The minimum absolute atomic E-state index is 0.293. The van der Waals surface area contributed by atoms with Crippen molar-refractivity contribution in [3.63, 3.8) is 0 Å². The SMILES string of the molecule is CCC(CC1(C)CCC(C)(S)CC1)C(C)(C)CC. The van der Waals surface area contributed by atoms with E-state index in [1.165, 1.54) is 44.9 Å². The molecular weight excluding hydrogens is 236 g/mol. The topological polar surface area (TPSA) is 0 Å². The molecule has 1 fully saturated rings. The van der Waals surface area contributed by atoms with Crippen LogP contribution in [0.2, 0.25) is 0 Å². The lowest BCUT2D eigenvalue weighted by atomic mass is 9.62. The Hall–Kier alpha value is 0.350. The molecule has 0 aliphatic heterocycles. The molecule has 18 heavy (non-hydrogen) atoms. The first kappa shape index (κ1) is 16.4. The van der Waals surface area contributed by atoms with Crippen LogP contribution in [0.4, 0.5) is 0 Å². The summed E-state index contributed by atoms with van der Waals surface area (Å²) >= 11 is 4.78. The zero-order valence-electron chi connectivity index (χ0n) is 13.5. The lowest BCUT2D eigenvalue weighted by molar-refractivity contribution is 0.0853. The highest BCUT2D eigenvalue weighted by molar-refractivity contribution is 7.81. The predicted molar refractivity (Wildman–Crippen MR) is 86.4 cm³/mol. The molecule has 0 amide bonds. The largest absolute Gasteiger partial charge is 0.173 e. The van der Waals surface area contributed by atoms with Gasteiger partial charge in [0.1, 0.15) is 0 Å². The van der Waals surface area contributed by atoms with Gasteiger partial charge in [-0.25, -0.2) is 0 Å². The molecule has 0 N–H and O–H groups in total. The first-order valence-corrected chi connectivity index (χ1v) is 8.31. The van der Waals surface area contributed by atoms with Gasteiger partial charge in [-0.1, -0.05) is 54.4 Å². The molecule has 1 unspecified atom stereocenters. The van der Waals surface area contributed by atoms with Gasteiger partial charge in [0.15, 0.2) is 0 Å². The Morgan fingerprint density at radius 2 is 1.56 bits per heavy atom. The molecule has 1 atom stereocenters. The molecule has 1 aliphatic rings. The fourth-order valence-electron chi connectivity index (χ4n) is 3.45. The van der Waals surface area contributed by atoms with Gasteiger partial charge in [0.2, 0.25) is 0 Å². The molecule has 1 heteroatoms. The van der Waals surface area contributed by atoms with Gasteiger partial charge in [0, 0.05) is 4.75 Å². The quantitative estimate of drug-likeness (QED) is 0.573. The van der Waals surface area contributed by atoms with Gasteiger partial charge in [0.05, 0.1) is 0 Å². The average molecular weight is 271 g/mol. The molecule has 0 aromatic rings. The van der Waals surface area contributed by atoms with Crippen molar-refractivity contribution < 1.29 is 0 Å². The van der Waals surface area contributed by atoms with Gasteiger partial charge in [-0.2, -0.15) is 12.6 Å². The van der Waals surface area contributed by atoms with Crippen LogP contribution in [0.15, 0.2) is 0 Å². The van der Waals surface area contributed by atoms with Gasteiger partial charge in [0.25, 0.3) is 0 Å². The standard InChI is InChI=1S/C17H34S/c1-7-14(15(3,4)8-2)13-16(5)9-11-17(6,18)12-10-16/h14,18H,7-13H2,1-6H3. The van der Waals surface area contributed by atoms with Crippen molar-refractivity contribution in [1.29, 1.82) is 0 Å². The molecular formula is C17H34S. The van der Waals surface area contributed by atoms with Gasteiger partial charge < -0.3 is 0 Å². The first-order chi connectivity index (χ1) is 8.14. The third-order valence-corrected chi connectivity index (χ3v) is 6.23. The lowest BCUT2D eigenvalue weighted by Gasteiger charge is -2.45. The molecule has 108 valence electrons. The van der Waals surface area contributed by atoms with E-state index in [1.54, 1.807) is 0 Å². The number of rotatable bonds is 5. The molecule has 1 saturated carbocycles. The second-order valence-electron chi connectivity index (χ2n) is 7.96. The zero-order chi connectivity index (χ0) is 14.0. The van der Waals surface area contributed by atoms with Crippen LogP contribution >= 0.6 is 12.6 Å². The fraction of sp³-hybridized carbons (Fsp3) is 1.00. The first-order valence-electron chi connectivity index (χ1n) is 7.86. The van der Waals surface area contributed by atoms with Crippen LogP contribution in [-0.4, -0.2) is 4.75 Å². The molecule has 0 heterocycles. The van der Waals surface area contributed by atoms with Gasteiger partial charge in [-0.3, -0.25) is 0 Å². The van der Waals surface area contributed by atoms with Crippen LogP contribution in [0.1, 0.15) is 86.5 Å². The highest BCUT2D eigenvalue weighted by Gasteiger charge is 2.39. The van der Waals surface area contributed by atoms with Crippen LogP contribution in [0.5, 0.6) is 0 Å². The maximum atomic E-state index is 4.78. The van der Waals surface area contributed by atoms with E-state index in [0.717, 1.165) is 5.92 Å². The molecule has 0 aromatic carbocycles. The smallest absolute Gasteiger partial charge is 0.0102 e. The predicted octanol–water partition coefficient (Wildman–Crippen LogP) is 6.11. The number of thiol groups is 1. The van der Waals surface area contributed by atoms with Crippen LogP contribution in [0.3, 0.4) is 0 Å². The van der Waals surface area contributed by atoms with Crippen molar-refractivity contribution >= 4 is 12.6 Å². The van der Waals surface area contributed by atoms with E-state index in [1.807, 2.05) is 0 Å². The van der Waals surface area contributed by atoms with Crippen LogP contribution in [0.25, 0.3) is 0 Å². The molecule has 0 radical (unpaired) electrons. The fourth-order valence-corrected chi connectivity index (χ4v) is 3.68. The number of hydrogen-bond acceptors (Lipinski definition) is 1. The second kappa shape index (κ2) is 5.77. The summed E-state index contributed by atoms with van der Waals surface area (Å²) in [6, 6.07) is 0. The minimum Gasteiger partial charge on any atom is -0.173 e. The molecule has 0 spiro atoms. The van der Waals surface area contributed by atoms with Crippen LogP contribution in [-0.2, 0) is 0 Å². The average Bonchev–Trinajstić information content (AvgIpc) is 2.31. The normalized spacial score (nSPS) is 35.5. The molecule has 1 rings (SSSR count). The minimum atomic E-state index is 0.293. The summed E-state index contributed by atoms with van der Waals surface area (Å²) in [7, 11) is 0. The Morgan fingerprint density at radius 3 is 1.94 bits per heavy atom. The monoisotopic (exact) mass is 270 g/mol. The zero-order valence-corrected chi connectivity index (χ0v) is 14.4. The molecule has 0 aromatic heterocycles. The van der Waals surface area contributed by atoms with Crippen LogP contribution in [0, 0.1) is 16.7 Å². The summed E-state index contributed by atoms with van der Waals surface area (Å²) in [5, 5.41) is 0. The lowest BCUT2D eigenvalue weighted by Crippen LogP contribution is -2.35. The summed E-state index contributed by atoms with van der Waals surface area (Å²) in [5.74, 6) is 0.872. The highest BCUT2D eigenvalue weighted by Crippen LogP contribution is 2.50. The summed E-state index contributed by atoms with van der Waals surface area (Å²) in [6.45, 7) is 14.5. The van der Waals surface area contributed by atoms with Crippen molar-refractivity contribution in [2.45, 2.75) is 91.2 Å². The summed E-state index contributed by atoms with van der Waals surface area (Å²) in [6.07, 6.45) is 9.34. The van der Waals surface area contributed by atoms with Gasteiger partial charge in [-0.05, 0) is 48.9 Å². The third kappa shape index (κ3) is 4.18. The molecule has 0 bridgehead atoms. The summed E-state index contributed by atoms with van der Waals surface area (Å²) in [5.41, 5.74) is 1.06. The van der Waals surface area contributed by atoms with Gasteiger partial charge in [-0.15, -0.1) is 0 Å². The van der Waals surface area contributed by atoms with Crippen molar-refractivity contribution in [2.24, 2.45) is 16.7 Å². The molecule has 0 nitrogen and oxygen atoms in total. The van der Waals surface area contributed by atoms with E-state index in [0.29, 0.717) is 15.6 Å². The second-order valence-corrected chi connectivity index (χ2v) is 9.04.